The molecule has 298 valence electrons. The van der Waals surface area contributed by atoms with Gasteiger partial charge in [0.15, 0.2) is 5.82 Å². The summed E-state index contributed by atoms with van der Waals surface area (Å²) in [5.41, 5.74) is 11.9. The Morgan fingerprint density at radius 1 is 0.234 bits per heavy atom. The van der Waals surface area contributed by atoms with E-state index in [1.54, 1.807) is 0 Å². The molecule has 0 fully saturated rings. The van der Waals surface area contributed by atoms with E-state index in [4.69, 9.17) is 15.0 Å². The molecule has 0 saturated heterocycles. The van der Waals surface area contributed by atoms with E-state index < -0.39 is 0 Å². The third kappa shape index (κ3) is 4.94. The smallest absolute Gasteiger partial charge is 0.240 e. The van der Waals surface area contributed by atoms with Gasteiger partial charge in [0.1, 0.15) is 0 Å². The average Bonchev–Trinajstić information content (AvgIpc) is 4.09. The van der Waals surface area contributed by atoms with Crippen LogP contribution in [0.15, 0.2) is 212 Å². The Balaban J connectivity index is 0.958. The molecule has 0 unspecified atom stereocenters. The molecular formula is C57H35N7. The Hall–Kier alpha value is -8.81. The molecule has 0 spiro atoms. The Morgan fingerprint density at radius 2 is 0.531 bits per heavy atom. The molecule has 14 rings (SSSR count). The molecule has 5 heterocycles. The highest BCUT2D eigenvalue weighted by Gasteiger charge is 2.21. The van der Waals surface area contributed by atoms with Crippen LogP contribution < -0.4 is 0 Å². The van der Waals surface area contributed by atoms with E-state index in [0.29, 0.717) is 17.7 Å². The van der Waals surface area contributed by atoms with Crippen LogP contribution in [-0.4, -0.2) is 33.2 Å². The lowest BCUT2D eigenvalue weighted by atomic mass is 10.1. The molecule has 9 aromatic carbocycles. The van der Waals surface area contributed by atoms with Crippen LogP contribution in [0.4, 0.5) is 0 Å². The van der Waals surface area contributed by atoms with Crippen LogP contribution in [0, 0.1) is 0 Å². The summed E-state index contributed by atoms with van der Waals surface area (Å²) in [6, 6.07) is 75.5. The molecule has 7 nitrogen and oxygen atoms in total. The van der Waals surface area contributed by atoms with Crippen molar-refractivity contribution in [3.63, 3.8) is 0 Å². The molecule has 0 aliphatic rings. The minimum atomic E-state index is 0.560. The van der Waals surface area contributed by atoms with Gasteiger partial charge in [0.2, 0.25) is 11.9 Å². The number of aromatic nitrogens is 7. The predicted molar refractivity (Wildman–Crippen MR) is 263 cm³/mol. The van der Waals surface area contributed by atoms with Gasteiger partial charge in [-0.3, -0.25) is 9.13 Å². The number of fused-ring (bicyclic) bond motifs is 12. The third-order valence-corrected chi connectivity index (χ3v) is 13.1. The normalized spacial score (nSPS) is 12.1. The second-order valence-electron chi connectivity index (χ2n) is 16.5. The summed E-state index contributed by atoms with van der Waals surface area (Å²) in [5.74, 6) is 1.71. The van der Waals surface area contributed by atoms with Crippen molar-refractivity contribution in [2.75, 3.05) is 0 Å². The van der Waals surface area contributed by atoms with Gasteiger partial charge >= 0.3 is 0 Å². The van der Waals surface area contributed by atoms with Gasteiger partial charge in [-0.2, -0.15) is 15.0 Å². The van der Waals surface area contributed by atoms with Gasteiger partial charge in [0, 0.05) is 60.0 Å². The highest BCUT2D eigenvalue weighted by Crippen LogP contribution is 2.38. The SMILES string of the molecule is c1ccc2c(c1)c1ccccc1n2-c1ccc2c(c1)c1ccccc1n2-c1ccc(-c2nc(-n3c4ccccc4c4ccccc43)nc(-n3c4ccccc4c4ccccc43)n2)cc1. The van der Waals surface area contributed by atoms with Crippen LogP contribution in [0.3, 0.4) is 0 Å². The molecule has 5 aromatic heterocycles. The Bertz CT molecular complexity index is 3910. The lowest BCUT2D eigenvalue weighted by Crippen LogP contribution is -2.10. The monoisotopic (exact) mass is 817 g/mol. The topological polar surface area (TPSA) is 58.4 Å². The molecule has 0 atom stereocenters. The fourth-order valence-electron chi connectivity index (χ4n) is 10.3. The molecule has 0 aliphatic carbocycles. The summed E-state index contributed by atoms with van der Waals surface area (Å²) in [5, 5.41) is 9.50. The summed E-state index contributed by atoms with van der Waals surface area (Å²) in [4.78, 5) is 15.9. The van der Waals surface area contributed by atoms with Crippen molar-refractivity contribution in [1.82, 2.24) is 33.2 Å². The quantitative estimate of drug-likeness (QED) is 0.174. The maximum atomic E-state index is 5.33. The zero-order chi connectivity index (χ0) is 41.9. The first-order valence-electron chi connectivity index (χ1n) is 21.6. The number of hydrogen-bond acceptors (Lipinski definition) is 3. The Morgan fingerprint density at radius 3 is 0.922 bits per heavy atom. The van der Waals surface area contributed by atoms with Crippen molar-refractivity contribution in [2.24, 2.45) is 0 Å². The number of para-hydroxylation sites is 7. The first-order chi connectivity index (χ1) is 31.8. The van der Waals surface area contributed by atoms with Crippen molar-refractivity contribution in [2.45, 2.75) is 0 Å². The molecule has 0 aliphatic heterocycles. The van der Waals surface area contributed by atoms with E-state index in [1.807, 2.05) is 0 Å². The van der Waals surface area contributed by atoms with E-state index in [9.17, 15) is 0 Å². The fraction of sp³-hybridized carbons (Fsp3) is 0. The maximum Gasteiger partial charge on any atom is 0.240 e. The molecule has 7 heteroatoms. The zero-order valence-electron chi connectivity index (χ0n) is 34.3. The summed E-state index contributed by atoms with van der Waals surface area (Å²) in [6.45, 7) is 0. The third-order valence-electron chi connectivity index (χ3n) is 13.1. The zero-order valence-corrected chi connectivity index (χ0v) is 34.3. The summed E-state index contributed by atoms with van der Waals surface area (Å²) in [6.07, 6.45) is 0. The lowest BCUT2D eigenvalue weighted by molar-refractivity contribution is 0.893. The molecule has 0 N–H and O–H groups in total. The minimum absolute atomic E-state index is 0.560. The van der Waals surface area contributed by atoms with E-state index in [0.717, 1.165) is 71.6 Å². The van der Waals surface area contributed by atoms with Gasteiger partial charge in [0.25, 0.3) is 0 Å². The fourth-order valence-corrected chi connectivity index (χ4v) is 10.3. The highest BCUT2D eigenvalue weighted by molar-refractivity contribution is 6.13. The van der Waals surface area contributed by atoms with Crippen molar-refractivity contribution in [3.05, 3.63) is 212 Å². The van der Waals surface area contributed by atoms with E-state index in [2.05, 4.69) is 231 Å². The Labute approximate surface area is 366 Å². The number of rotatable bonds is 5. The second kappa shape index (κ2) is 13.3. The largest absolute Gasteiger partial charge is 0.309 e. The number of hydrogen-bond donors (Lipinski definition) is 0. The van der Waals surface area contributed by atoms with Crippen LogP contribution in [0.25, 0.3) is 122 Å². The average molecular weight is 818 g/mol. The van der Waals surface area contributed by atoms with Crippen LogP contribution in [0.1, 0.15) is 0 Å². The van der Waals surface area contributed by atoms with Gasteiger partial charge < -0.3 is 9.13 Å². The maximum absolute atomic E-state index is 5.33. The molecule has 0 radical (unpaired) electrons. The first-order valence-corrected chi connectivity index (χ1v) is 21.6. The van der Waals surface area contributed by atoms with Gasteiger partial charge in [0.05, 0.1) is 44.1 Å². The molecule has 0 saturated carbocycles. The van der Waals surface area contributed by atoms with Crippen LogP contribution in [0.2, 0.25) is 0 Å². The Kier molecular flexibility index (Phi) is 7.27. The van der Waals surface area contributed by atoms with E-state index in [-0.39, 0.29) is 0 Å². The molecule has 14 aromatic rings. The van der Waals surface area contributed by atoms with Gasteiger partial charge in [-0.05, 0) is 84.9 Å². The first kappa shape index (κ1) is 34.9. The van der Waals surface area contributed by atoms with Crippen molar-refractivity contribution >= 4 is 87.2 Å². The number of benzene rings is 9. The van der Waals surface area contributed by atoms with E-state index >= 15 is 0 Å². The standard InChI is InChI=1S/C57H35N7/c1-8-22-47-39(15-1)40-16-2-9-23-48(40)62(47)38-33-34-54-46(35-38)45-21-7-10-24-49(45)61(54)37-31-29-36(30-32-37)55-58-56(63-50-25-11-3-17-41(50)42-18-4-12-26-51(42)63)60-57(59-55)64-52-27-13-5-19-43(52)44-20-6-14-28-53(44)64/h1-35H. The van der Waals surface area contributed by atoms with Gasteiger partial charge in [-0.15, -0.1) is 0 Å². The van der Waals surface area contributed by atoms with Crippen LogP contribution in [0.5, 0.6) is 0 Å². The van der Waals surface area contributed by atoms with Gasteiger partial charge in [-0.1, -0.05) is 127 Å². The van der Waals surface area contributed by atoms with Crippen LogP contribution in [-0.2, 0) is 0 Å². The predicted octanol–water partition coefficient (Wildman–Crippen LogP) is 13.9. The summed E-state index contributed by atoms with van der Waals surface area (Å²) >= 11 is 0. The molecule has 0 amide bonds. The number of nitrogens with zero attached hydrogens (tertiary/aromatic N) is 7. The molecular weight excluding hydrogens is 783 g/mol. The van der Waals surface area contributed by atoms with Crippen molar-refractivity contribution < 1.29 is 0 Å². The second-order valence-corrected chi connectivity index (χ2v) is 16.5. The van der Waals surface area contributed by atoms with E-state index in [1.165, 1.54) is 32.6 Å². The minimum Gasteiger partial charge on any atom is -0.309 e. The van der Waals surface area contributed by atoms with Gasteiger partial charge in [-0.25, -0.2) is 0 Å². The summed E-state index contributed by atoms with van der Waals surface area (Å²) in [7, 11) is 0. The molecule has 64 heavy (non-hydrogen) atoms. The summed E-state index contributed by atoms with van der Waals surface area (Å²) < 4.78 is 9.10. The highest BCUT2D eigenvalue weighted by atomic mass is 15.3. The lowest BCUT2D eigenvalue weighted by Gasteiger charge is -2.13. The van der Waals surface area contributed by atoms with Crippen molar-refractivity contribution in [1.29, 1.82) is 0 Å². The molecule has 0 bridgehead atoms. The van der Waals surface area contributed by atoms with Crippen molar-refractivity contribution in [3.8, 4) is 34.7 Å². The van der Waals surface area contributed by atoms with Crippen LogP contribution >= 0.6 is 0 Å².